The van der Waals surface area contributed by atoms with Crippen LogP contribution in [0.15, 0.2) is 102 Å². The molecule has 6 radical (unpaired) electrons. The Labute approximate surface area is 222 Å². The second-order valence-electron chi connectivity index (χ2n) is 7.64. The Morgan fingerprint density at radius 1 is 0.528 bits per heavy atom. The summed E-state index contributed by atoms with van der Waals surface area (Å²) in [5.41, 5.74) is 3.38. The van der Waals surface area contributed by atoms with Crippen molar-refractivity contribution in [1.82, 2.24) is 0 Å². The third-order valence-corrected chi connectivity index (χ3v) is 10.3. The summed E-state index contributed by atoms with van der Waals surface area (Å²) in [4.78, 5) is 0. The van der Waals surface area contributed by atoms with Gasteiger partial charge < -0.3 is 26.6 Å². The van der Waals surface area contributed by atoms with Crippen molar-refractivity contribution < 1.29 is 26.6 Å². The standard InChI is InChI=1S/C26H30O6Si4/c1-27-34(19-22-13-7-4-8-14-22)30-25(31-35(28-2)20-23-15-9-5-10-16-23)26(33)32-36(29-3)21-24-17-11-6-12-18-24/h4-18H,19-21H2,1-3H3. The van der Waals surface area contributed by atoms with Crippen LogP contribution in [0.2, 0.25) is 0 Å². The zero-order valence-electron chi connectivity index (χ0n) is 20.7. The zero-order chi connectivity index (χ0) is 25.6. The summed E-state index contributed by atoms with van der Waals surface area (Å²) in [6.07, 6.45) is 0. The number of hydrogen-bond donors (Lipinski definition) is 0. The molecule has 0 saturated carbocycles. The smallest absolute Gasteiger partial charge is 0.464 e. The molecule has 0 aliphatic heterocycles. The summed E-state index contributed by atoms with van der Waals surface area (Å²) in [5.74, 6) is 0.220. The average Bonchev–Trinajstić information content (AvgIpc) is 2.92. The van der Waals surface area contributed by atoms with E-state index in [0.29, 0.717) is 23.5 Å². The van der Waals surface area contributed by atoms with Gasteiger partial charge in [0.2, 0.25) is 0 Å². The quantitative estimate of drug-likeness (QED) is 0.210. The second kappa shape index (κ2) is 15.6. The highest BCUT2D eigenvalue weighted by molar-refractivity contribution is 6.47. The SMILES string of the molecule is CO[Si](Cc1ccccc1)OC([Si])=C(O[Si](Cc1ccccc1)OC)O[Si](Cc1ccccc1)OC. The van der Waals surface area contributed by atoms with E-state index < -0.39 is 27.9 Å². The lowest BCUT2D eigenvalue weighted by Crippen LogP contribution is -2.32. The normalized spacial score (nSPS) is 11.1. The van der Waals surface area contributed by atoms with Crippen molar-refractivity contribution in [3.8, 4) is 0 Å². The van der Waals surface area contributed by atoms with Gasteiger partial charge in [0.15, 0.2) is 0 Å². The topological polar surface area (TPSA) is 55.4 Å². The van der Waals surface area contributed by atoms with E-state index in [4.69, 9.17) is 26.6 Å². The summed E-state index contributed by atoms with van der Waals surface area (Å²) in [7, 11) is 3.33. The van der Waals surface area contributed by atoms with Crippen LogP contribution in [0.25, 0.3) is 0 Å². The van der Waals surface area contributed by atoms with Crippen LogP contribution in [0.1, 0.15) is 16.7 Å². The first kappa shape index (κ1) is 28.1. The van der Waals surface area contributed by atoms with E-state index in [9.17, 15) is 0 Å². The molecule has 0 aliphatic carbocycles. The number of benzene rings is 3. The highest BCUT2D eigenvalue weighted by atomic mass is 28.3. The second-order valence-corrected chi connectivity index (χ2v) is 13.2. The molecule has 36 heavy (non-hydrogen) atoms. The molecular formula is C26H30O6Si4. The van der Waals surface area contributed by atoms with Gasteiger partial charge in [-0.1, -0.05) is 91.0 Å². The van der Waals surface area contributed by atoms with Crippen LogP contribution in [0.4, 0.5) is 0 Å². The molecule has 0 fully saturated rings. The predicted molar refractivity (Wildman–Crippen MR) is 145 cm³/mol. The van der Waals surface area contributed by atoms with Crippen molar-refractivity contribution in [2.45, 2.75) is 18.1 Å². The fraction of sp³-hybridized carbons (Fsp3) is 0.231. The van der Waals surface area contributed by atoms with E-state index in [-0.39, 0.29) is 5.95 Å². The van der Waals surface area contributed by atoms with E-state index in [1.54, 1.807) is 21.3 Å². The highest BCUT2D eigenvalue weighted by Crippen LogP contribution is 2.17. The maximum atomic E-state index is 6.30. The first-order chi connectivity index (χ1) is 17.6. The lowest BCUT2D eigenvalue weighted by Gasteiger charge is -2.24. The van der Waals surface area contributed by atoms with Crippen molar-refractivity contribution in [1.29, 1.82) is 0 Å². The molecule has 0 atom stereocenters. The Kier molecular flexibility index (Phi) is 12.2. The molecule has 3 rings (SSSR count). The van der Waals surface area contributed by atoms with Gasteiger partial charge in [0, 0.05) is 39.5 Å². The molecule has 0 unspecified atom stereocenters. The zero-order valence-corrected chi connectivity index (χ0v) is 24.7. The third-order valence-electron chi connectivity index (χ3n) is 5.07. The minimum absolute atomic E-state index is 0.220. The summed E-state index contributed by atoms with van der Waals surface area (Å²) < 4.78 is 36.0. The van der Waals surface area contributed by atoms with Crippen molar-refractivity contribution in [2.75, 3.05) is 21.3 Å². The first-order valence-electron chi connectivity index (χ1n) is 11.4. The number of rotatable bonds is 15. The molecule has 0 heterocycles. The monoisotopic (exact) mass is 550 g/mol. The molecule has 3 aromatic rings. The van der Waals surface area contributed by atoms with E-state index in [0.717, 1.165) is 16.7 Å². The van der Waals surface area contributed by atoms with E-state index in [1.165, 1.54) is 0 Å². The molecule has 0 aromatic heterocycles. The first-order valence-corrected chi connectivity index (χ1v) is 16.5. The van der Waals surface area contributed by atoms with Crippen LogP contribution >= 0.6 is 0 Å². The van der Waals surface area contributed by atoms with Gasteiger partial charge in [0.1, 0.15) is 15.6 Å². The third kappa shape index (κ3) is 9.54. The Morgan fingerprint density at radius 2 is 0.833 bits per heavy atom. The molecule has 0 aliphatic rings. The van der Waals surface area contributed by atoms with Crippen molar-refractivity contribution >= 4 is 38.1 Å². The summed E-state index contributed by atoms with van der Waals surface area (Å²) >= 11 is 0. The van der Waals surface area contributed by atoms with E-state index >= 15 is 0 Å². The molecule has 10 heteroatoms. The van der Waals surface area contributed by atoms with Gasteiger partial charge in [0.05, 0.1) is 0 Å². The summed E-state index contributed by atoms with van der Waals surface area (Å²) in [5, 5.41) is 0.335. The molecule has 0 bridgehead atoms. The molecule has 3 aromatic carbocycles. The van der Waals surface area contributed by atoms with Crippen molar-refractivity contribution in [3.05, 3.63) is 119 Å². The predicted octanol–water partition coefficient (Wildman–Crippen LogP) is 4.08. The van der Waals surface area contributed by atoms with Crippen LogP contribution in [-0.2, 0) is 44.7 Å². The van der Waals surface area contributed by atoms with E-state index in [2.05, 4.69) is 22.4 Å². The summed E-state index contributed by atoms with van der Waals surface area (Å²) in [6.45, 7) is 0. The molecule has 0 saturated heterocycles. The average molecular weight is 551 g/mol. The Hall–Kier alpha value is -2.45. The van der Waals surface area contributed by atoms with Crippen molar-refractivity contribution in [2.24, 2.45) is 0 Å². The van der Waals surface area contributed by atoms with Gasteiger partial charge >= 0.3 is 27.9 Å². The molecule has 0 spiro atoms. The molecule has 0 N–H and O–H groups in total. The lowest BCUT2D eigenvalue weighted by atomic mass is 10.2. The lowest BCUT2D eigenvalue weighted by molar-refractivity contribution is 0.138. The number of hydrogen-bond acceptors (Lipinski definition) is 6. The summed E-state index contributed by atoms with van der Waals surface area (Å²) in [6, 6.07) is 32.2. The fourth-order valence-corrected chi connectivity index (χ4v) is 7.54. The van der Waals surface area contributed by atoms with Crippen LogP contribution in [-0.4, -0.2) is 59.4 Å². The minimum atomic E-state index is -1.77. The molecule has 186 valence electrons. The van der Waals surface area contributed by atoms with Gasteiger partial charge in [-0.05, 0) is 16.7 Å². The maximum absolute atomic E-state index is 6.30. The maximum Gasteiger partial charge on any atom is 0.464 e. The van der Waals surface area contributed by atoms with Crippen molar-refractivity contribution in [3.63, 3.8) is 0 Å². The van der Waals surface area contributed by atoms with Crippen LogP contribution in [0.3, 0.4) is 0 Å². The van der Waals surface area contributed by atoms with Crippen LogP contribution in [0.5, 0.6) is 0 Å². The highest BCUT2D eigenvalue weighted by Gasteiger charge is 2.28. The van der Waals surface area contributed by atoms with Gasteiger partial charge in [-0.25, -0.2) is 0 Å². The molecule has 6 nitrogen and oxygen atoms in total. The van der Waals surface area contributed by atoms with Gasteiger partial charge in [-0.15, -0.1) is 0 Å². The van der Waals surface area contributed by atoms with Gasteiger partial charge in [-0.3, -0.25) is 0 Å². The van der Waals surface area contributed by atoms with Gasteiger partial charge in [0.25, 0.3) is 5.95 Å². The molecular weight excluding hydrogens is 521 g/mol. The Morgan fingerprint density at radius 3 is 1.14 bits per heavy atom. The van der Waals surface area contributed by atoms with E-state index in [1.807, 2.05) is 78.9 Å². The Bertz CT molecular complexity index is 987. The molecule has 0 amide bonds. The van der Waals surface area contributed by atoms with Crippen LogP contribution in [0, 0.1) is 0 Å². The minimum Gasteiger partial charge on any atom is -0.521 e. The largest absolute Gasteiger partial charge is 0.521 e. The fourth-order valence-electron chi connectivity index (χ4n) is 3.21. The van der Waals surface area contributed by atoms with Gasteiger partial charge in [-0.2, -0.15) is 0 Å². The Balaban J connectivity index is 1.80. The van der Waals surface area contributed by atoms with Crippen LogP contribution < -0.4 is 0 Å².